The molecule has 0 unspecified atom stereocenters. The van der Waals surface area contributed by atoms with Crippen molar-refractivity contribution in [3.8, 4) is 0 Å². The second-order valence-corrected chi connectivity index (χ2v) is 7.44. The number of nitrogens with zero attached hydrogens (tertiary/aromatic N) is 1. The Morgan fingerprint density at radius 1 is 1.12 bits per heavy atom. The summed E-state index contributed by atoms with van der Waals surface area (Å²) in [6.45, 7) is 1.32. The Balaban J connectivity index is 2.38. The maximum absolute atomic E-state index is 14.1. The Hall–Kier alpha value is -2.94. The van der Waals surface area contributed by atoms with Crippen LogP contribution in [0.3, 0.4) is 0 Å². The van der Waals surface area contributed by atoms with Gasteiger partial charge in [-0.05, 0) is 31.2 Å². The third-order valence-electron chi connectivity index (χ3n) is 3.63. The zero-order valence-corrected chi connectivity index (χ0v) is 15.0. The number of nitrogens with two attached hydrogens (primary N) is 1. The minimum atomic E-state index is -3.96. The second-order valence-electron chi connectivity index (χ2n) is 5.59. The summed E-state index contributed by atoms with van der Waals surface area (Å²) >= 11 is 0. The van der Waals surface area contributed by atoms with Crippen LogP contribution in [0, 0.1) is 5.82 Å². The normalized spacial score (nSPS) is 12.3. The number of amides is 2. The lowest BCUT2D eigenvalue weighted by atomic mass is 10.1. The van der Waals surface area contributed by atoms with E-state index in [4.69, 9.17) is 5.73 Å². The summed E-state index contributed by atoms with van der Waals surface area (Å²) in [4.78, 5) is 24.0. The van der Waals surface area contributed by atoms with Crippen LogP contribution in [0.4, 0.5) is 15.8 Å². The van der Waals surface area contributed by atoms with Crippen molar-refractivity contribution in [3.63, 3.8) is 0 Å². The molecule has 1 atom stereocenters. The van der Waals surface area contributed by atoms with Gasteiger partial charge in [-0.3, -0.25) is 13.9 Å². The molecule has 26 heavy (non-hydrogen) atoms. The molecular weight excluding hydrogens is 361 g/mol. The highest BCUT2D eigenvalue weighted by molar-refractivity contribution is 7.92. The van der Waals surface area contributed by atoms with E-state index in [1.165, 1.54) is 37.3 Å². The van der Waals surface area contributed by atoms with Gasteiger partial charge in [0.2, 0.25) is 15.9 Å². The molecule has 0 heterocycles. The van der Waals surface area contributed by atoms with Crippen molar-refractivity contribution < 1.29 is 22.4 Å². The van der Waals surface area contributed by atoms with Gasteiger partial charge in [-0.15, -0.1) is 0 Å². The largest absolute Gasteiger partial charge is 0.366 e. The van der Waals surface area contributed by atoms with Gasteiger partial charge in [-0.25, -0.2) is 12.8 Å². The molecule has 2 rings (SSSR count). The Morgan fingerprint density at radius 3 is 2.27 bits per heavy atom. The van der Waals surface area contributed by atoms with E-state index in [-0.39, 0.29) is 16.9 Å². The summed E-state index contributed by atoms with van der Waals surface area (Å²) in [5, 5.41) is 2.47. The van der Waals surface area contributed by atoms with E-state index in [1.54, 1.807) is 12.1 Å². The number of para-hydroxylation sites is 2. The topological polar surface area (TPSA) is 110 Å². The molecule has 138 valence electrons. The van der Waals surface area contributed by atoms with Gasteiger partial charge in [-0.1, -0.05) is 24.3 Å². The monoisotopic (exact) mass is 379 g/mol. The summed E-state index contributed by atoms with van der Waals surface area (Å²) in [6, 6.07) is 9.99. The molecule has 0 aromatic heterocycles. The number of carbonyl (C=O) groups excluding carboxylic acids is 2. The summed E-state index contributed by atoms with van der Waals surface area (Å²) in [6.07, 6.45) is 0.876. The van der Waals surface area contributed by atoms with E-state index < -0.39 is 33.7 Å². The molecule has 0 aliphatic carbocycles. The standard InChI is InChI=1S/C17H18FN3O4S/c1-11(17(23)20-14-9-5-3-7-12(14)16(19)22)21(26(2,24)25)15-10-6-4-8-13(15)18/h3-11H,1-2H3,(H2,19,22)(H,20,23)/t11-/m1/s1. The first-order valence-electron chi connectivity index (χ1n) is 7.56. The van der Waals surface area contributed by atoms with E-state index in [1.807, 2.05) is 0 Å². The van der Waals surface area contributed by atoms with Crippen LogP contribution in [-0.4, -0.2) is 32.5 Å². The maximum Gasteiger partial charge on any atom is 0.250 e. The van der Waals surface area contributed by atoms with Crippen LogP contribution in [0.15, 0.2) is 48.5 Å². The lowest BCUT2D eigenvalue weighted by molar-refractivity contribution is -0.116. The molecular formula is C17H18FN3O4S. The fourth-order valence-corrected chi connectivity index (χ4v) is 3.63. The Morgan fingerprint density at radius 2 is 1.69 bits per heavy atom. The summed E-state index contributed by atoms with van der Waals surface area (Å²) in [5.74, 6) is -2.27. The number of carbonyl (C=O) groups is 2. The molecule has 0 radical (unpaired) electrons. The fourth-order valence-electron chi connectivity index (χ4n) is 2.46. The summed E-state index contributed by atoms with van der Waals surface area (Å²) < 4.78 is 39.1. The van der Waals surface area contributed by atoms with Gasteiger partial charge < -0.3 is 11.1 Å². The predicted molar refractivity (Wildman–Crippen MR) is 96.8 cm³/mol. The smallest absolute Gasteiger partial charge is 0.250 e. The third-order valence-corrected chi connectivity index (χ3v) is 4.86. The van der Waals surface area contributed by atoms with Crippen LogP contribution in [0.2, 0.25) is 0 Å². The van der Waals surface area contributed by atoms with Crippen molar-refractivity contribution in [1.29, 1.82) is 0 Å². The number of hydrogen-bond donors (Lipinski definition) is 2. The number of halogens is 1. The van der Waals surface area contributed by atoms with Crippen LogP contribution in [-0.2, 0) is 14.8 Å². The van der Waals surface area contributed by atoms with Crippen molar-refractivity contribution in [1.82, 2.24) is 0 Å². The predicted octanol–water partition coefficient (Wildman–Crippen LogP) is 1.72. The SMILES string of the molecule is C[C@H](C(=O)Nc1ccccc1C(N)=O)N(c1ccccc1F)S(C)(=O)=O. The van der Waals surface area contributed by atoms with Crippen molar-refractivity contribution in [2.24, 2.45) is 5.73 Å². The third kappa shape index (κ3) is 4.17. The molecule has 0 spiro atoms. The molecule has 9 heteroatoms. The number of hydrogen-bond acceptors (Lipinski definition) is 4. The number of sulfonamides is 1. The van der Waals surface area contributed by atoms with Gasteiger partial charge in [0.05, 0.1) is 23.2 Å². The van der Waals surface area contributed by atoms with Crippen LogP contribution in [0.1, 0.15) is 17.3 Å². The lowest BCUT2D eigenvalue weighted by Gasteiger charge is -2.28. The molecule has 0 aliphatic rings. The number of rotatable bonds is 6. The molecule has 0 saturated carbocycles. The van der Waals surface area contributed by atoms with Gasteiger partial charge in [0.15, 0.2) is 0 Å². The first kappa shape index (κ1) is 19.4. The number of anilines is 2. The van der Waals surface area contributed by atoms with Crippen molar-refractivity contribution in [3.05, 3.63) is 59.9 Å². The molecule has 2 amide bonds. The zero-order chi connectivity index (χ0) is 19.5. The molecule has 2 aromatic carbocycles. The Kier molecular flexibility index (Phi) is 5.61. The Labute approximate surface area is 150 Å². The van der Waals surface area contributed by atoms with E-state index in [0.717, 1.165) is 12.3 Å². The van der Waals surface area contributed by atoms with E-state index in [2.05, 4.69) is 5.32 Å². The second kappa shape index (κ2) is 7.52. The number of benzene rings is 2. The molecule has 2 aromatic rings. The molecule has 0 bridgehead atoms. The van der Waals surface area contributed by atoms with E-state index in [0.29, 0.717) is 4.31 Å². The molecule has 0 fully saturated rings. The number of nitrogens with one attached hydrogen (secondary N) is 1. The van der Waals surface area contributed by atoms with Gasteiger partial charge >= 0.3 is 0 Å². The molecule has 3 N–H and O–H groups in total. The van der Waals surface area contributed by atoms with Crippen molar-refractivity contribution in [2.75, 3.05) is 15.9 Å². The molecule has 0 aliphatic heterocycles. The van der Waals surface area contributed by atoms with E-state index in [9.17, 15) is 22.4 Å². The van der Waals surface area contributed by atoms with Crippen molar-refractivity contribution in [2.45, 2.75) is 13.0 Å². The summed E-state index contributed by atoms with van der Waals surface area (Å²) in [5.41, 5.74) is 5.22. The average molecular weight is 379 g/mol. The zero-order valence-electron chi connectivity index (χ0n) is 14.1. The minimum Gasteiger partial charge on any atom is -0.366 e. The highest BCUT2D eigenvalue weighted by Crippen LogP contribution is 2.25. The van der Waals surface area contributed by atoms with Gasteiger partial charge in [0.25, 0.3) is 5.91 Å². The van der Waals surface area contributed by atoms with Crippen LogP contribution < -0.4 is 15.4 Å². The molecule has 7 nitrogen and oxygen atoms in total. The first-order chi connectivity index (χ1) is 12.1. The number of primary amides is 1. The van der Waals surface area contributed by atoms with Crippen LogP contribution >= 0.6 is 0 Å². The highest BCUT2D eigenvalue weighted by Gasteiger charge is 2.31. The van der Waals surface area contributed by atoms with Crippen molar-refractivity contribution >= 4 is 33.2 Å². The average Bonchev–Trinajstić information content (AvgIpc) is 2.55. The minimum absolute atomic E-state index is 0.0739. The highest BCUT2D eigenvalue weighted by atomic mass is 32.2. The quantitative estimate of drug-likeness (QED) is 0.796. The summed E-state index contributed by atoms with van der Waals surface area (Å²) in [7, 11) is -3.96. The van der Waals surface area contributed by atoms with Crippen LogP contribution in [0.25, 0.3) is 0 Å². The van der Waals surface area contributed by atoms with E-state index >= 15 is 0 Å². The first-order valence-corrected chi connectivity index (χ1v) is 9.41. The Bertz CT molecular complexity index is 947. The van der Waals surface area contributed by atoms with Gasteiger partial charge in [-0.2, -0.15) is 0 Å². The fraction of sp³-hybridized carbons (Fsp3) is 0.176. The van der Waals surface area contributed by atoms with Crippen LogP contribution in [0.5, 0.6) is 0 Å². The maximum atomic E-state index is 14.1. The molecule has 0 saturated heterocycles. The lowest BCUT2D eigenvalue weighted by Crippen LogP contribution is -2.46. The van der Waals surface area contributed by atoms with Gasteiger partial charge in [0, 0.05) is 0 Å². The van der Waals surface area contributed by atoms with Gasteiger partial charge in [0.1, 0.15) is 11.9 Å².